The van der Waals surface area contributed by atoms with Crippen LogP contribution < -0.4 is 0 Å². The summed E-state index contributed by atoms with van der Waals surface area (Å²) in [6.45, 7) is 3.37. The number of piperazine rings is 1. The third-order valence-corrected chi connectivity index (χ3v) is 5.67. The molecule has 1 aliphatic rings. The van der Waals surface area contributed by atoms with E-state index < -0.39 is 12.0 Å². The Morgan fingerprint density at radius 1 is 1.21 bits per heavy atom. The third kappa shape index (κ3) is 5.18. The Kier molecular flexibility index (Phi) is 6.51. The lowest BCUT2D eigenvalue weighted by Crippen LogP contribution is -2.48. The molecular formula is C17H19ClF3N5OS. The second-order valence-corrected chi connectivity index (χ2v) is 7.82. The van der Waals surface area contributed by atoms with Crippen LogP contribution in [0, 0.1) is 0 Å². The molecule has 0 saturated carbocycles. The molecular weight excluding hydrogens is 415 g/mol. The fourth-order valence-corrected chi connectivity index (χ4v) is 3.98. The molecule has 0 N–H and O–H groups in total. The van der Waals surface area contributed by atoms with Crippen LogP contribution in [-0.4, -0.2) is 62.4 Å². The van der Waals surface area contributed by atoms with E-state index in [2.05, 4.69) is 15.1 Å². The first-order valence-electron chi connectivity index (χ1n) is 8.58. The minimum atomic E-state index is -4.57. The number of thioether (sulfide) groups is 1. The number of hydrogen-bond acceptors (Lipinski definition) is 5. The Hall–Kier alpha value is -1.78. The summed E-state index contributed by atoms with van der Waals surface area (Å²) in [6, 6.07) is 7.67. The van der Waals surface area contributed by atoms with Crippen molar-refractivity contribution in [3.63, 3.8) is 0 Å². The molecule has 11 heteroatoms. The van der Waals surface area contributed by atoms with Gasteiger partial charge < -0.3 is 9.47 Å². The fourth-order valence-electron chi connectivity index (χ4n) is 2.95. The van der Waals surface area contributed by atoms with Gasteiger partial charge in [0.2, 0.25) is 11.7 Å². The number of rotatable bonds is 5. The maximum atomic E-state index is 12.7. The zero-order valence-corrected chi connectivity index (χ0v) is 16.7. The van der Waals surface area contributed by atoms with Crippen LogP contribution in [0.25, 0.3) is 0 Å². The van der Waals surface area contributed by atoms with E-state index in [1.807, 2.05) is 24.3 Å². The molecule has 0 bridgehead atoms. The molecule has 0 radical (unpaired) electrons. The third-order valence-electron chi connectivity index (χ3n) is 4.43. The van der Waals surface area contributed by atoms with Gasteiger partial charge in [0.1, 0.15) is 0 Å². The topological polar surface area (TPSA) is 54.3 Å². The first-order valence-corrected chi connectivity index (χ1v) is 9.94. The number of carbonyl (C=O) groups excluding carboxylic acids is 1. The quantitative estimate of drug-likeness (QED) is 0.679. The predicted octanol–water partition coefficient (Wildman–Crippen LogP) is 2.92. The average Bonchev–Trinajstić information content (AvgIpc) is 3.01. The minimum absolute atomic E-state index is 0.0259. The van der Waals surface area contributed by atoms with Gasteiger partial charge >= 0.3 is 6.18 Å². The Labute approximate surface area is 169 Å². The molecule has 0 aliphatic carbocycles. The average molecular weight is 434 g/mol. The predicted molar refractivity (Wildman–Crippen MR) is 100 cm³/mol. The molecule has 1 aromatic heterocycles. The van der Waals surface area contributed by atoms with Gasteiger partial charge in [-0.25, -0.2) is 0 Å². The van der Waals surface area contributed by atoms with E-state index in [1.54, 1.807) is 4.90 Å². The standard InChI is InChI=1S/C17H19ClF3N5OS/c1-24-15(17(19,20)21)22-23-16(24)28-11-14(27)26-7-5-25(6-8-26)10-12-3-2-4-13(18)9-12/h2-4,9H,5-8,10-11H2,1H3. The first-order chi connectivity index (χ1) is 13.2. The highest BCUT2D eigenvalue weighted by molar-refractivity contribution is 7.99. The van der Waals surface area contributed by atoms with Gasteiger partial charge in [-0.2, -0.15) is 13.2 Å². The molecule has 0 spiro atoms. The molecule has 1 amide bonds. The summed E-state index contributed by atoms with van der Waals surface area (Å²) >= 11 is 6.96. The highest BCUT2D eigenvalue weighted by Crippen LogP contribution is 2.29. The summed E-state index contributed by atoms with van der Waals surface area (Å²) in [5, 5.41) is 7.46. The van der Waals surface area contributed by atoms with Crippen molar-refractivity contribution < 1.29 is 18.0 Å². The van der Waals surface area contributed by atoms with Crippen molar-refractivity contribution in [1.29, 1.82) is 0 Å². The van der Waals surface area contributed by atoms with E-state index in [-0.39, 0.29) is 16.8 Å². The van der Waals surface area contributed by atoms with Crippen LogP contribution in [0.15, 0.2) is 29.4 Å². The summed E-state index contributed by atoms with van der Waals surface area (Å²) in [4.78, 5) is 16.3. The number of halogens is 4. The molecule has 6 nitrogen and oxygen atoms in total. The van der Waals surface area contributed by atoms with Gasteiger partial charge in [0, 0.05) is 44.8 Å². The highest BCUT2D eigenvalue weighted by Gasteiger charge is 2.37. The molecule has 0 unspecified atom stereocenters. The molecule has 1 aromatic carbocycles. The largest absolute Gasteiger partial charge is 0.451 e. The monoisotopic (exact) mass is 433 g/mol. The van der Waals surface area contributed by atoms with Gasteiger partial charge in [0.05, 0.1) is 5.75 Å². The van der Waals surface area contributed by atoms with Crippen LogP contribution in [0.1, 0.15) is 11.4 Å². The number of amides is 1. The van der Waals surface area contributed by atoms with E-state index in [0.717, 1.165) is 41.5 Å². The van der Waals surface area contributed by atoms with Crippen LogP contribution in [0.2, 0.25) is 5.02 Å². The smallest absolute Gasteiger partial charge is 0.339 e. The Balaban J connectivity index is 1.47. The van der Waals surface area contributed by atoms with E-state index in [9.17, 15) is 18.0 Å². The summed E-state index contributed by atoms with van der Waals surface area (Å²) in [7, 11) is 1.24. The number of carbonyl (C=O) groups is 1. The molecule has 152 valence electrons. The van der Waals surface area contributed by atoms with Crippen molar-refractivity contribution in [1.82, 2.24) is 24.6 Å². The maximum absolute atomic E-state index is 12.7. The van der Waals surface area contributed by atoms with E-state index in [4.69, 9.17) is 11.6 Å². The van der Waals surface area contributed by atoms with Crippen molar-refractivity contribution in [3.8, 4) is 0 Å². The zero-order chi connectivity index (χ0) is 20.3. The Morgan fingerprint density at radius 3 is 2.54 bits per heavy atom. The number of hydrogen-bond donors (Lipinski definition) is 0. The molecule has 1 saturated heterocycles. The second-order valence-electron chi connectivity index (χ2n) is 6.44. The summed E-state index contributed by atoms with van der Waals surface area (Å²) in [5.74, 6) is -1.17. The maximum Gasteiger partial charge on any atom is 0.451 e. The number of benzene rings is 1. The van der Waals surface area contributed by atoms with Crippen LogP contribution in [0.4, 0.5) is 13.2 Å². The molecule has 3 rings (SSSR count). The second kappa shape index (κ2) is 8.71. The Morgan fingerprint density at radius 2 is 1.93 bits per heavy atom. The summed E-state index contributed by atoms with van der Waals surface area (Å²) in [6.07, 6.45) is -4.57. The van der Waals surface area contributed by atoms with E-state index >= 15 is 0 Å². The molecule has 2 heterocycles. The number of aromatic nitrogens is 3. The minimum Gasteiger partial charge on any atom is -0.339 e. The number of alkyl halides is 3. The number of nitrogens with zero attached hydrogens (tertiary/aromatic N) is 5. The first kappa shape index (κ1) is 20.9. The van der Waals surface area contributed by atoms with Gasteiger partial charge in [-0.3, -0.25) is 9.69 Å². The van der Waals surface area contributed by atoms with Crippen molar-refractivity contribution in [2.24, 2.45) is 7.05 Å². The van der Waals surface area contributed by atoms with Gasteiger partial charge in [-0.05, 0) is 17.7 Å². The molecule has 28 heavy (non-hydrogen) atoms. The lowest BCUT2D eigenvalue weighted by Gasteiger charge is -2.34. The highest BCUT2D eigenvalue weighted by atomic mass is 35.5. The molecule has 1 aliphatic heterocycles. The molecule has 2 aromatic rings. The van der Waals surface area contributed by atoms with Gasteiger partial charge in [0.15, 0.2) is 5.16 Å². The zero-order valence-electron chi connectivity index (χ0n) is 15.1. The fraction of sp³-hybridized carbons (Fsp3) is 0.471. The Bertz CT molecular complexity index is 836. The van der Waals surface area contributed by atoms with Gasteiger partial charge in [0.25, 0.3) is 0 Å². The summed E-state index contributed by atoms with van der Waals surface area (Å²) in [5.41, 5.74) is 1.12. The molecule has 1 fully saturated rings. The normalized spacial score (nSPS) is 15.8. The van der Waals surface area contributed by atoms with Crippen molar-refractivity contribution in [2.75, 3.05) is 31.9 Å². The SMILES string of the molecule is Cn1c(SCC(=O)N2CCN(Cc3cccc(Cl)c3)CC2)nnc1C(F)(F)F. The van der Waals surface area contributed by atoms with Gasteiger partial charge in [-0.15, -0.1) is 10.2 Å². The lowest BCUT2D eigenvalue weighted by atomic mass is 10.2. The van der Waals surface area contributed by atoms with Crippen LogP contribution in [-0.2, 0) is 24.6 Å². The van der Waals surface area contributed by atoms with Crippen molar-refractivity contribution in [2.45, 2.75) is 17.9 Å². The van der Waals surface area contributed by atoms with Crippen molar-refractivity contribution in [3.05, 3.63) is 40.7 Å². The summed E-state index contributed by atoms with van der Waals surface area (Å²) < 4.78 is 39.1. The van der Waals surface area contributed by atoms with E-state index in [0.29, 0.717) is 18.1 Å². The van der Waals surface area contributed by atoms with Crippen LogP contribution >= 0.6 is 23.4 Å². The van der Waals surface area contributed by atoms with Crippen LogP contribution in [0.5, 0.6) is 0 Å². The lowest BCUT2D eigenvalue weighted by molar-refractivity contribution is -0.147. The van der Waals surface area contributed by atoms with Crippen LogP contribution in [0.3, 0.4) is 0 Å². The molecule has 0 atom stereocenters. The van der Waals surface area contributed by atoms with E-state index in [1.165, 1.54) is 7.05 Å². The van der Waals surface area contributed by atoms with Crippen molar-refractivity contribution >= 4 is 29.3 Å². The van der Waals surface area contributed by atoms with Gasteiger partial charge in [-0.1, -0.05) is 35.5 Å².